The molecule has 0 saturated heterocycles. The lowest BCUT2D eigenvalue weighted by Gasteiger charge is -2.14. The van der Waals surface area contributed by atoms with E-state index in [1.54, 1.807) is 18.2 Å². The summed E-state index contributed by atoms with van der Waals surface area (Å²) in [4.78, 5) is 12.4. The molecule has 3 aromatic carbocycles. The highest BCUT2D eigenvalue weighted by molar-refractivity contribution is 7.92. The smallest absolute Gasteiger partial charge is 0.261 e. The standard InChI is InChI=1S/C20H15Cl3N2O4S/c1-29-19-6-5-17(30(27,28)25-16-9-14(22)8-15(23)10-16)11-18(19)24-20(26)12-3-2-4-13(21)7-12/h2-11,25H,1H3,(H,24,26). The molecule has 1 amide bonds. The van der Waals surface area contributed by atoms with Crippen LogP contribution in [0.3, 0.4) is 0 Å². The molecule has 2 N–H and O–H groups in total. The van der Waals surface area contributed by atoms with E-state index in [9.17, 15) is 13.2 Å². The molecule has 0 unspecified atom stereocenters. The van der Waals surface area contributed by atoms with Crippen LogP contribution in [0, 0.1) is 0 Å². The molecule has 0 spiro atoms. The maximum atomic E-state index is 12.8. The van der Waals surface area contributed by atoms with Crippen molar-refractivity contribution in [1.29, 1.82) is 0 Å². The molecule has 6 nitrogen and oxygen atoms in total. The number of nitrogens with one attached hydrogen (secondary N) is 2. The Morgan fingerprint density at radius 2 is 1.60 bits per heavy atom. The number of halogens is 3. The van der Waals surface area contributed by atoms with Crippen molar-refractivity contribution in [2.45, 2.75) is 4.90 Å². The maximum absolute atomic E-state index is 12.8. The Balaban J connectivity index is 1.92. The number of benzene rings is 3. The molecule has 3 rings (SSSR count). The Hall–Kier alpha value is -2.45. The maximum Gasteiger partial charge on any atom is 0.261 e. The number of hydrogen-bond acceptors (Lipinski definition) is 4. The van der Waals surface area contributed by atoms with Crippen LogP contribution in [0.5, 0.6) is 5.75 Å². The Labute approximate surface area is 188 Å². The molecule has 10 heteroatoms. The van der Waals surface area contributed by atoms with Gasteiger partial charge in [0.2, 0.25) is 0 Å². The second-order valence-electron chi connectivity index (χ2n) is 6.09. The summed E-state index contributed by atoms with van der Waals surface area (Å²) >= 11 is 17.8. The van der Waals surface area contributed by atoms with Crippen LogP contribution in [0.15, 0.2) is 65.6 Å². The lowest BCUT2D eigenvalue weighted by molar-refractivity contribution is 0.102. The fraction of sp³-hybridized carbons (Fsp3) is 0.0500. The molecule has 0 radical (unpaired) electrons. The predicted molar refractivity (Wildman–Crippen MR) is 120 cm³/mol. The number of sulfonamides is 1. The molecule has 0 saturated carbocycles. The molecular weight excluding hydrogens is 471 g/mol. The van der Waals surface area contributed by atoms with E-state index in [0.29, 0.717) is 10.6 Å². The van der Waals surface area contributed by atoms with E-state index in [0.717, 1.165) is 0 Å². The Kier molecular flexibility index (Phi) is 6.77. The van der Waals surface area contributed by atoms with E-state index < -0.39 is 15.9 Å². The number of ether oxygens (including phenoxy) is 1. The zero-order chi connectivity index (χ0) is 21.9. The van der Waals surface area contributed by atoms with Gasteiger partial charge in [0, 0.05) is 20.6 Å². The van der Waals surface area contributed by atoms with Crippen LogP contribution < -0.4 is 14.8 Å². The lowest BCUT2D eigenvalue weighted by Crippen LogP contribution is -2.16. The van der Waals surface area contributed by atoms with Crippen LogP contribution in [-0.4, -0.2) is 21.4 Å². The largest absolute Gasteiger partial charge is 0.495 e. The van der Waals surface area contributed by atoms with Crippen molar-refractivity contribution in [1.82, 2.24) is 0 Å². The average molecular weight is 486 g/mol. The highest BCUT2D eigenvalue weighted by Crippen LogP contribution is 2.30. The number of rotatable bonds is 6. The van der Waals surface area contributed by atoms with Gasteiger partial charge in [-0.05, 0) is 54.6 Å². The van der Waals surface area contributed by atoms with Gasteiger partial charge < -0.3 is 10.1 Å². The molecule has 0 aliphatic heterocycles. The van der Waals surface area contributed by atoms with Gasteiger partial charge in [0.25, 0.3) is 15.9 Å². The summed E-state index contributed by atoms with van der Waals surface area (Å²) < 4.78 is 33.3. The van der Waals surface area contributed by atoms with Gasteiger partial charge in [-0.25, -0.2) is 8.42 Å². The highest BCUT2D eigenvalue weighted by Gasteiger charge is 2.19. The van der Waals surface area contributed by atoms with Gasteiger partial charge in [-0.2, -0.15) is 0 Å². The summed E-state index contributed by atoms with van der Waals surface area (Å²) in [5, 5.41) is 3.60. The second kappa shape index (κ2) is 9.14. The lowest BCUT2D eigenvalue weighted by atomic mass is 10.2. The molecule has 0 aromatic heterocycles. The Morgan fingerprint density at radius 1 is 0.900 bits per heavy atom. The van der Waals surface area contributed by atoms with Crippen LogP contribution in [0.2, 0.25) is 15.1 Å². The SMILES string of the molecule is COc1ccc(S(=O)(=O)Nc2cc(Cl)cc(Cl)c2)cc1NC(=O)c1cccc(Cl)c1. The fourth-order valence-electron chi connectivity index (χ4n) is 2.60. The number of anilines is 2. The third-order valence-corrected chi connectivity index (χ3v) is 5.98. The quantitative estimate of drug-likeness (QED) is 0.468. The molecule has 0 fully saturated rings. The third-order valence-electron chi connectivity index (χ3n) is 3.93. The van der Waals surface area contributed by atoms with E-state index in [4.69, 9.17) is 39.5 Å². The second-order valence-corrected chi connectivity index (χ2v) is 9.08. The van der Waals surface area contributed by atoms with Crippen molar-refractivity contribution in [3.63, 3.8) is 0 Å². The Morgan fingerprint density at radius 3 is 2.23 bits per heavy atom. The summed E-state index contributed by atoms with van der Waals surface area (Å²) in [5.41, 5.74) is 0.687. The number of carbonyl (C=O) groups is 1. The van der Waals surface area contributed by atoms with Crippen LogP contribution in [0.4, 0.5) is 11.4 Å². The van der Waals surface area contributed by atoms with Crippen molar-refractivity contribution in [3.05, 3.63) is 81.3 Å². The van der Waals surface area contributed by atoms with E-state index >= 15 is 0 Å². The molecule has 0 bridgehead atoms. The number of amides is 1. The number of hydrogen-bond donors (Lipinski definition) is 2. The normalized spacial score (nSPS) is 11.1. The molecule has 0 aliphatic rings. The molecule has 30 heavy (non-hydrogen) atoms. The van der Waals surface area contributed by atoms with Crippen molar-refractivity contribution in [2.75, 3.05) is 17.1 Å². The van der Waals surface area contributed by atoms with Crippen LogP contribution in [0.1, 0.15) is 10.4 Å². The van der Waals surface area contributed by atoms with Gasteiger partial charge in [0.05, 0.1) is 23.4 Å². The zero-order valence-electron chi connectivity index (χ0n) is 15.4. The zero-order valence-corrected chi connectivity index (χ0v) is 18.5. The van der Waals surface area contributed by atoms with Crippen molar-refractivity contribution in [2.24, 2.45) is 0 Å². The third kappa shape index (κ3) is 5.37. The van der Waals surface area contributed by atoms with Crippen LogP contribution >= 0.6 is 34.8 Å². The molecule has 156 valence electrons. The molecule has 3 aromatic rings. The van der Waals surface area contributed by atoms with Gasteiger partial charge in [0.15, 0.2) is 0 Å². The van der Waals surface area contributed by atoms with Crippen LogP contribution in [0.25, 0.3) is 0 Å². The monoisotopic (exact) mass is 484 g/mol. The van der Waals surface area contributed by atoms with E-state index in [-0.39, 0.29) is 32.1 Å². The average Bonchev–Trinajstić information content (AvgIpc) is 2.66. The van der Waals surface area contributed by atoms with E-state index in [1.165, 1.54) is 49.6 Å². The minimum absolute atomic E-state index is 0.0965. The van der Waals surface area contributed by atoms with E-state index in [2.05, 4.69) is 10.0 Å². The van der Waals surface area contributed by atoms with Gasteiger partial charge in [-0.15, -0.1) is 0 Å². The minimum atomic E-state index is -4.00. The van der Waals surface area contributed by atoms with E-state index in [1.807, 2.05) is 0 Å². The fourth-order valence-corrected chi connectivity index (χ4v) is 4.39. The number of carbonyl (C=O) groups excluding carboxylic acids is 1. The number of methoxy groups -OCH3 is 1. The summed E-state index contributed by atoms with van der Waals surface area (Å²) in [5.74, 6) is -0.185. The summed E-state index contributed by atoms with van der Waals surface area (Å²) in [7, 11) is -2.59. The first-order chi connectivity index (χ1) is 14.2. The predicted octanol–water partition coefficient (Wildman–Crippen LogP) is 5.71. The molecule has 0 atom stereocenters. The van der Waals surface area contributed by atoms with Crippen LogP contribution in [-0.2, 0) is 10.0 Å². The summed E-state index contributed by atoms with van der Waals surface area (Å²) in [6.45, 7) is 0. The highest BCUT2D eigenvalue weighted by atomic mass is 35.5. The molecular formula is C20H15Cl3N2O4S. The van der Waals surface area contributed by atoms with Gasteiger partial charge in [-0.1, -0.05) is 40.9 Å². The summed E-state index contributed by atoms with van der Waals surface area (Å²) in [6.07, 6.45) is 0. The first kappa shape index (κ1) is 22.2. The first-order valence-electron chi connectivity index (χ1n) is 8.42. The Bertz CT molecular complexity index is 1200. The van der Waals surface area contributed by atoms with Crippen molar-refractivity contribution in [3.8, 4) is 5.75 Å². The molecule has 0 heterocycles. The minimum Gasteiger partial charge on any atom is -0.495 e. The van der Waals surface area contributed by atoms with Gasteiger partial charge in [-0.3, -0.25) is 9.52 Å². The summed E-state index contributed by atoms with van der Waals surface area (Å²) in [6, 6.07) is 14.8. The van der Waals surface area contributed by atoms with Crippen molar-refractivity contribution < 1.29 is 17.9 Å². The van der Waals surface area contributed by atoms with Crippen molar-refractivity contribution >= 4 is 62.1 Å². The topological polar surface area (TPSA) is 84.5 Å². The molecule has 0 aliphatic carbocycles. The van der Waals surface area contributed by atoms with Gasteiger partial charge in [0.1, 0.15) is 5.75 Å². The van der Waals surface area contributed by atoms with Gasteiger partial charge >= 0.3 is 0 Å². The first-order valence-corrected chi connectivity index (χ1v) is 11.0.